The molecule has 1 fully saturated rings. The van der Waals surface area contributed by atoms with E-state index in [1.165, 1.54) is 24.0 Å². The molecule has 2 atom stereocenters. The van der Waals surface area contributed by atoms with Crippen LogP contribution in [0.15, 0.2) is 60.7 Å². The average molecular weight is 333 g/mol. The molecule has 2 nitrogen and oxygen atoms in total. The van der Waals surface area contributed by atoms with Crippen LogP contribution in [0, 0.1) is 5.41 Å². The predicted octanol–water partition coefficient (Wildman–Crippen LogP) is 4.69. The van der Waals surface area contributed by atoms with Crippen LogP contribution in [0.1, 0.15) is 44.7 Å². The Morgan fingerprint density at radius 3 is 2.16 bits per heavy atom. The second-order valence-electron chi connectivity index (χ2n) is 8.44. The Kier molecular flexibility index (Phi) is 3.94. The van der Waals surface area contributed by atoms with Crippen molar-refractivity contribution >= 4 is 6.34 Å². The Morgan fingerprint density at radius 1 is 0.920 bits per heavy atom. The minimum atomic E-state index is 0.223. The lowest BCUT2D eigenvalue weighted by Gasteiger charge is -2.47. The summed E-state index contributed by atoms with van der Waals surface area (Å²) in [6.07, 6.45) is 4.96. The van der Waals surface area contributed by atoms with E-state index < -0.39 is 0 Å². The number of fused-ring (bicyclic) bond motifs is 2. The van der Waals surface area contributed by atoms with Crippen molar-refractivity contribution < 1.29 is 4.58 Å². The van der Waals surface area contributed by atoms with Crippen LogP contribution in [0.25, 0.3) is 0 Å². The van der Waals surface area contributed by atoms with Crippen molar-refractivity contribution in [1.82, 2.24) is 4.90 Å². The van der Waals surface area contributed by atoms with Gasteiger partial charge in [-0.05, 0) is 30.9 Å². The van der Waals surface area contributed by atoms with Crippen LogP contribution in [0.5, 0.6) is 0 Å². The highest BCUT2D eigenvalue weighted by Crippen LogP contribution is 2.52. The summed E-state index contributed by atoms with van der Waals surface area (Å²) in [6, 6.07) is 22.4. The molecule has 4 rings (SSSR count). The van der Waals surface area contributed by atoms with Crippen molar-refractivity contribution in [3.63, 3.8) is 0 Å². The second kappa shape index (κ2) is 6.01. The maximum Gasteiger partial charge on any atom is 0.235 e. The topological polar surface area (TPSA) is 6.25 Å². The standard InChI is InChI=1S/C23H29N2/c1-22(2)21-14-15-23(22,3)25(17-20-12-8-5-9-13-20)18-24(21)16-19-10-6-4-7-11-19/h4-13,18,21H,14-17H2,1-3H3/q+1. The summed E-state index contributed by atoms with van der Waals surface area (Å²) in [6.45, 7) is 9.38. The summed E-state index contributed by atoms with van der Waals surface area (Å²) in [4.78, 5) is 2.61. The first-order valence-corrected chi connectivity index (χ1v) is 9.46. The third kappa shape index (κ3) is 2.68. The van der Waals surface area contributed by atoms with Crippen molar-refractivity contribution in [2.45, 2.75) is 58.3 Å². The molecule has 2 aliphatic rings. The van der Waals surface area contributed by atoms with Crippen LogP contribution in [-0.2, 0) is 13.1 Å². The third-order valence-corrected chi connectivity index (χ3v) is 6.85. The van der Waals surface area contributed by atoms with Gasteiger partial charge in [-0.3, -0.25) is 9.48 Å². The van der Waals surface area contributed by atoms with E-state index in [0.717, 1.165) is 13.1 Å². The van der Waals surface area contributed by atoms with Gasteiger partial charge in [-0.15, -0.1) is 0 Å². The van der Waals surface area contributed by atoms with E-state index in [2.05, 4.69) is 97.2 Å². The Balaban J connectivity index is 1.69. The Hall–Kier alpha value is -2.09. The lowest BCUT2D eigenvalue weighted by Crippen LogP contribution is -2.61. The number of benzene rings is 2. The van der Waals surface area contributed by atoms with E-state index in [-0.39, 0.29) is 11.0 Å². The molecule has 25 heavy (non-hydrogen) atoms. The van der Waals surface area contributed by atoms with Gasteiger partial charge in [0, 0.05) is 5.41 Å². The molecule has 2 bridgehead atoms. The smallest absolute Gasteiger partial charge is 0.235 e. The van der Waals surface area contributed by atoms with Crippen molar-refractivity contribution in [2.24, 2.45) is 5.41 Å². The zero-order valence-corrected chi connectivity index (χ0v) is 15.7. The van der Waals surface area contributed by atoms with Crippen molar-refractivity contribution in [1.29, 1.82) is 0 Å². The first-order chi connectivity index (χ1) is 12.0. The fourth-order valence-corrected chi connectivity index (χ4v) is 4.88. The zero-order valence-electron chi connectivity index (χ0n) is 15.7. The van der Waals surface area contributed by atoms with Crippen molar-refractivity contribution in [3.05, 3.63) is 71.8 Å². The molecule has 0 amide bonds. The van der Waals surface area contributed by atoms with Crippen LogP contribution in [0.3, 0.4) is 0 Å². The van der Waals surface area contributed by atoms with E-state index in [1.54, 1.807) is 0 Å². The van der Waals surface area contributed by atoms with E-state index in [4.69, 9.17) is 0 Å². The molecule has 0 N–H and O–H groups in total. The Bertz CT molecular complexity index is 763. The van der Waals surface area contributed by atoms with Gasteiger partial charge in [-0.1, -0.05) is 74.5 Å². The Labute approximate surface area is 151 Å². The third-order valence-electron chi connectivity index (χ3n) is 6.85. The predicted molar refractivity (Wildman–Crippen MR) is 104 cm³/mol. The minimum Gasteiger partial charge on any atom is -0.261 e. The van der Waals surface area contributed by atoms with Gasteiger partial charge in [0.1, 0.15) is 24.7 Å². The summed E-state index contributed by atoms with van der Waals surface area (Å²) >= 11 is 0. The lowest BCUT2D eigenvalue weighted by molar-refractivity contribution is -0.602. The SMILES string of the molecule is CC1(C)C2CCC1(C)N(Cc1ccccc1)C=[N+]2Cc1ccccc1. The average Bonchev–Trinajstić information content (AvgIpc) is 2.76. The number of hydrogen-bond donors (Lipinski definition) is 0. The summed E-state index contributed by atoms with van der Waals surface area (Å²) < 4.78 is 2.59. The molecule has 2 heteroatoms. The maximum atomic E-state index is 2.61. The van der Waals surface area contributed by atoms with Gasteiger partial charge < -0.3 is 0 Å². The highest BCUT2D eigenvalue weighted by atomic mass is 15.3. The summed E-state index contributed by atoms with van der Waals surface area (Å²) in [7, 11) is 0. The fourth-order valence-electron chi connectivity index (χ4n) is 4.88. The van der Waals surface area contributed by atoms with Gasteiger partial charge in [0.25, 0.3) is 0 Å². The van der Waals surface area contributed by atoms with Gasteiger partial charge in [0.15, 0.2) is 0 Å². The fraction of sp³-hybridized carbons (Fsp3) is 0.435. The quantitative estimate of drug-likeness (QED) is 0.736. The van der Waals surface area contributed by atoms with Gasteiger partial charge >= 0.3 is 0 Å². The first-order valence-electron chi connectivity index (χ1n) is 9.46. The van der Waals surface area contributed by atoms with Crippen LogP contribution in [0.2, 0.25) is 0 Å². The molecule has 2 unspecified atom stereocenters. The molecular formula is C23H29N2+. The summed E-state index contributed by atoms with van der Waals surface area (Å²) in [5, 5.41) is 0. The van der Waals surface area contributed by atoms with Crippen LogP contribution in [0.4, 0.5) is 0 Å². The normalized spacial score (nSPS) is 27.2. The number of rotatable bonds is 4. The van der Waals surface area contributed by atoms with Gasteiger partial charge in [-0.2, -0.15) is 0 Å². The van der Waals surface area contributed by atoms with Crippen molar-refractivity contribution in [3.8, 4) is 0 Å². The molecular weight excluding hydrogens is 304 g/mol. The summed E-state index contributed by atoms with van der Waals surface area (Å²) in [5.41, 5.74) is 3.27. The molecule has 130 valence electrons. The monoisotopic (exact) mass is 333 g/mol. The minimum absolute atomic E-state index is 0.223. The van der Waals surface area contributed by atoms with E-state index >= 15 is 0 Å². The van der Waals surface area contributed by atoms with Crippen molar-refractivity contribution in [2.75, 3.05) is 0 Å². The molecule has 0 saturated heterocycles. The molecule has 2 aromatic rings. The number of nitrogens with zero attached hydrogens (tertiary/aromatic N) is 2. The molecule has 0 aromatic heterocycles. The van der Waals surface area contributed by atoms with E-state index in [9.17, 15) is 0 Å². The zero-order chi connectivity index (χ0) is 17.5. The summed E-state index contributed by atoms with van der Waals surface area (Å²) in [5.74, 6) is 0. The number of hydrogen-bond acceptors (Lipinski definition) is 1. The molecule has 0 radical (unpaired) electrons. The van der Waals surface area contributed by atoms with Crippen LogP contribution >= 0.6 is 0 Å². The highest BCUT2D eigenvalue weighted by Gasteiger charge is 2.62. The molecule has 1 aliphatic carbocycles. The molecule has 0 spiro atoms. The molecule has 1 aliphatic heterocycles. The maximum absolute atomic E-state index is 2.61. The lowest BCUT2D eigenvalue weighted by atomic mass is 9.71. The Morgan fingerprint density at radius 2 is 1.52 bits per heavy atom. The second-order valence-corrected chi connectivity index (χ2v) is 8.44. The molecule has 1 saturated carbocycles. The molecule has 2 aromatic carbocycles. The van der Waals surface area contributed by atoms with Gasteiger partial charge in [-0.25, -0.2) is 0 Å². The van der Waals surface area contributed by atoms with Crippen LogP contribution in [-0.4, -0.2) is 27.4 Å². The molecule has 1 heterocycles. The van der Waals surface area contributed by atoms with E-state index in [0.29, 0.717) is 6.04 Å². The highest BCUT2D eigenvalue weighted by molar-refractivity contribution is 5.54. The largest absolute Gasteiger partial charge is 0.261 e. The first kappa shape index (κ1) is 16.4. The van der Waals surface area contributed by atoms with Crippen LogP contribution < -0.4 is 0 Å². The van der Waals surface area contributed by atoms with Gasteiger partial charge in [0.05, 0.1) is 0 Å². The van der Waals surface area contributed by atoms with E-state index in [1.807, 2.05) is 0 Å². The van der Waals surface area contributed by atoms with Gasteiger partial charge in [0.2, 0.25) is 6.34 Å².